The molecule has 0 radical (unpaired) electrons. The Labute approximate surface area is 115 Å². The van der Waals surface area contributed by atoms with E-state index in [9.17, 15) is 8.42 Å². The van der Waals surface area contributed by atoms with Gasteiger partial charge in [-0.3, -0.25) is 0 Å². The van der Waals surface area contributed by atoms with Crippen LogP contribution in [0.4, 0.5) is 0 Å². The van der Waals surface area contributed by atoms with E-state index in [0.29, 0.717) is 29.3 Å². The first-order chi connectivity index (χ1) is 8.77. The third-order valence-electron chi connectivity index (χ3n) is 3.15. The molecule has 0 aliphatic carbocycles. The predicted octanol–water partition coefficient (Wildman–Crippen LogP) is 2.18. The summed E-state index contributed by atoms with van der Waals surface area (Å²) in [5, 5.41) is 7.74. The van der Waals surface area contributed by atoms with Crippen molar-refractivity contribution in [3.8, 4) is 11.5 Å². The first kappa shape index (κ1) is 14.1. The second-order valence-corrected chi connectivity index (χ2v) is 6.73. The van der Waals surface area contributed by atoms with Crippen molar-refractivity contribution in [3.63, 3.8) is 0 Å². The first-order valence-corrected chi connectivity index (χ1v) is 8.01. The molecule has 6 nitrogen and oxygen atoms in total. The summed E-state index contributed by atoms with van der Waals surface area (Å²) in [6.07, 6.45) is 0.584. The lowest BCUT2D eigenvalue weighted by atomic mass is 10.2. The molecule has 2 aromatic heterocycles. The largest absolute Gasteiger partial charge is 0.421 e. The second kappa shape index (κ2) is 4.64. The van der Waals surface area contributed by atoms with Crippen molar-refractivity contribution in [2.75, 3.05) is 0 Å². The number of hydrogen-bond acceptors (Lipinski definition) is 5. The average Bonchev–Trinajstić information content (AvgIpc) is 2.87. The van der Waals surface area contributed by atoms with Crippen LogP contribution >= 0.6 is 10.7 Å². The Kier molecular flexibility index (Phi) is 3.44. The smallest absolute Gasteiger partial charge is 0.263 e. The molecule has 104 valence electrons. The molecule has 0 aliphatic heterocycles. The van der Waals surface area contributed by atoms with Gasteiger partial charge in [0, 0.05) is 35.5 Å². The van der Waals surface area contributed by atoms with Gasteiger partial charge in [-0.1, -0.05) is 6.92 Å². The Morgan fingerprint density at radius 3 is 2.37 bits per heavy atom. The summed E-state index contributed by atoms with van der Waals surface area (Å²) < 4.78 is 30.7. The highest BCUT2D eigenvalue weighted by atomic mass is 35.7. The Hall–Kier alpha value is -1.34. The third kappa shape index (κ3) is 2.28. The van der Waals surface area contributed by atoms with Gasteiger partial charge in [0.05, 0.1) is 5.56 Å². The Morgan fingerprint density at radius 1 is 1.26 bits per heavy atom. The summed E-state index contributed by atoms with van der Waals surface area (Å²) in [6, 6.07) is 0. The Morgan fingerprint density at radius 2 is 1.89 bits per heavy atom. The van der Waals surface area contributed by atoms with Crippen LogP contribution < -0.4 is 0 Å². The number of nitrogens with zero attached hydrogens (tertiary/aromatic N) is 3. The van der Waals surface area contributed by atoms with Crippen molar-refractivity contribution in [3.05, 3.63) is 17.3 Å². The molecule has 0 atom stereocenters. The third-order valence-corrected chi connectivity index (χ3v) is 4.60. The lowest BCUT2D eigenvalue weighted by Gasteiger charge is -1.98. The van der Waals surface area contributed by atoms with E-state index >= 15 is 0 Å². The molecule has 0 amide bonds. The van der Waals surface area contributed by atoms with E-state index in [1.54, 1.807) is 25.5 Å². The van der Waals surface area contributed by atoms with Gasteiger partial charge < -0.3 is 8.98 Å². The van der Waals surface area contributed by atoms with Crippen LogP contribution in [0.3, 0.4) is 0 Å². The molecule has 8 heteroatoms. The molecule has 0 aromatic carbocycles. The molecule has 0 unspecified atom stereocenters. The second-order valence-electron chi connectivity index (χ2n) is 4.23. The molecular formula is C11H14ClN3O3S. The van der Waals surface area contributed by atoms with E-state index in [1.807, 2.05) is 6.92 Å². The van der Waals surface area contributed by atoms with Crippen LogP contribution in [0.25, 0.3) is 11.5 Å². The van der Waals surface area contributed by atoms with Gasteiger partial charge in [0.15, 0.2) is 0 Å². The van der Waals surface area contributed by atoms with E-state index in [1.165, 1.54) is 0 Å². The maximum Gasteiger partial charge on any atom is 0.263 e. The Bertz CT molecular complexity index is 731. The quantitative estimate of drug-likeness (QED) is 0.812. The molecule has 0 bridgehead atoms. The van der Waals surface area contributed by atoms with Crippen molar-refractivity contribution in [2.24, 2.45) is 7.05 Å². The topological polar surface area (TPSA) is 78.0 Å². The molecule has 2 rings (SSSR count). The summed E-state index contributed by atoms with van der Waals surface area (Å²) in [4.78, 5) is 0.0282. The van der Waals surface area contributed by atoms with E-state index in [0.717, 1.165) is 0 Å². The summed E-state index contributed by atoms with van der Waals surface area (Å²) in [6.45, 7) is 5.34. The predicted molar refractivity (Wildman–Crippen MR) is 70.6 cm³/mol. The van der Waals surface area contributed by atoms with Gasteiger partial charge in [0.2, 0.25) is 5.89 Å². The molecule has 0 fully saturated rings. The molecule has 2 heterocycles. The lowest BCUT2D eigenvalue weighted by molar-refractivity contribution is 0.511. The fourth-order valence-electron chi connectivity index (χ4n) is 1.96. The van der Waals surface area contributed by atoms with Crippen molar-refractivity contribution in [2.45, 2.75) is 32.1 Å². The average molecular weight is 304 g/mol. The molecule has 0 aliphatic rings. The number of rotatable bonds is 3. The van der Waals surface area contributed by atoms with Crippen LogP contribution in [0, 0.1) is 13.8 Å². The number of aromatic nitrogens is 3. The summed E-state index contributed by atoms with van der Waals surface area (Å²) in [7, 11) is 3.39. The summed E-state index contributed by atoms with van der Waals surface area (Å²) in [5.41, 5.74) is 1.63. The zero-order chi connectivity index (χ0) is 14.4. The molecule has 2 aromatic rings. The van der Waals surface area contributed by atoms with E-state index in [2.05, 4.69) is 10.2 Å². The zero-order valence-electron chi connectivity index (χ0n) is 11.1. The van der Waals surface area contributed by atoms with Crippen LogP contribution in [0.1, 0.15) is 24.2 Å². The van der Waals surface area contributed by atoms with E-state index in [-0.39, 0.29) is 10.8 Å². The summed E-state index contributed by atoms with van der Waals surface area (Å²) >= 11 is 0. The fraction of sp³-hybridized carbons (Fsp3) is 0.455. The number of aryl methyl sites for hydroxylation is 1. The van der Waals surface area contributed by atoms with Crippen LogP contribution in [0.5, 0.6) is 0 Å². The standard InChI is InChI=1S/C11H14ClN3O3S/c1-5-8-13-14-11(18-8)9-6(2)15(4)7(3)10(9)19(12,16)17/h5H2,1-4H3. The van der Waals surface area contributed by atoms with Crippen LogP contribution in [0.2, 0.25) is 0 Å². The lowest BCUT2D eigenvalue weighted by Crippen LogP contribution is -1.96. The van der Waals surface area contributed by atoms with Gasteiger partial charge in [-0.25, -0.2) is 8.42 Å². The highest BCUT2D eigenvalue weighted by molar-refractivity contribution is 8.13. The molecule has 0 saturated heterocycles. The maximum absolute atomic E-state index is 11.8. The fourth-order valence-corrected chi connectivity index (χ4v) is 3.50. The minimum Gasteiger partial charge on any atom is -0.421 e. The number of hydrogen-bond donors (Lipinski definition) is 0. The van der Waals surface area contributed by atoms with Crippen molar-refractivity contribution < 1.29 is 12.8 Å². The normalized spacial score (nSPS) is 12.1. The van der Waals surface area contributed by atoms with Crippen LogP contribution in [-0.4, -0.2) is 23.2 Å². The monoisotopic (exact) mass is 303 g/mol. The van der Waals surface area contributed by atoms with Gasteiger partial charge in [0.25, 0.3) is 14.9 Å². The van der Waals surface area contributed by atoms with Gasteiger partial charge in [0.1, 0.15) is 4.90 Å². The van der Waals surface area contributed by atoms with Crippen molar-refractivity contribution in [1.29, 1.82) is 0 Å². The highest BCUT2D eigenvalue weighted by Gasteiger charge is 2.29. The van der Waals surface area contributed by atoms with Gasteiger partial charge in [-0.15, -0.1) is 10.2 Å². The Balaban J connectivity index is 2.79. The molecule has 0 saturated carbocycles. The molecule has 0 spiro atoms. The number of halogens is 1. The van der Waals surface area contributed by atoms with Crippen LogP contribution in [0.15, 0.2) is 9.31 Å². The first-order valence-electron chi connectivity index (χ1n) is 5.70. The summed E-state index contributed by atoms with van der Waals surface area (Å²) in [5.74, 6) is 0.631. The molecular weight excluding hydrogens is 290 g/mol. The van der Waals surface area contributed by atoms with E-state index < -0.39 is 9.05 Å². The molecule has 19 heavy (non-hydrogen) atoms. The SMILES string of the molecule is CCc1nnc(-c2c(S(=O)(=O)Cl)c(C)n(C)c2C)o1. The maximum atomic E-state index is 11.8. The van der Waals surface area contributed by atoms with Gasteiger partial charge in [-0.2, -0.15) is 0 Å². The van der Waals surface area contributed by atoms with Crippen molar-refractivity contribution >= 4 is 19.7 Å². The van der Waals surface area contributed by atoms with E-state index in [4.69, 9.17) is 15.1 Å². The van der Waals surface area contributed by atoms with Gasteiger partial charge in [-0.05, 0) is 13.8 Å². The highest BCUT2D eigenvalue weighted by Crippen LogP contribution is 2.36. The minimum absolute atomic E-state index is 0.0282. The minimum atomic E-state index is -3.89. The molecule has 0 N–H and O–H groups in total. The van der Waals surface area contributed by atoms with Crippen molar-refractivity contribution in [1.82, 2.24) is 14.8 Å². The van der Waals surface area contributed by atoms with Crippen LogP contribution in [-0.2, 0) is 22.5 Å². The zero-order valence-corrected chi connectivity index (χ0v) is 12.6. The van der Waals surface area contributed by atoms with Gasteiger partial charge >= 0.3 is 0 Å².